The number of halogens is 1. The van der Waals surface area contributed by atoms with Crippen LogP contribution in [-0.2, 0) is 0 Å². The molecule has 1 aromatic heterocycles. The van der Waals surface area contributed by atoms with Crippen molar-refractivity contribution in [3.63, 3.8) is 0 Å². The van der Waals surface area contributed by atoms with E-state index in [1.807, 2.05) is 49.4 Å². The normalized spacial score (nSPS) is 11.0. The molecule has 0 bridgehead atoms. The van der Waals surface area contributed by atoms with E-state index >= 15 is 0 Å². The van der Waals surface area contributed by atoms with Gasteiger partial charge in [-0.1, -0.05) is 29.8 Å². The number of fused-ring (bicyclic) bond motifs is 1. The predicted octanol–water partition coefficient (Wildman–Crippen LogP) is 4.64. The van der Waals surface area contributed by atoms with E-state index in [-0.39, 0.29) is 0 Å². The summed E-state index contributed by atoms with van der Waals surface area (Å²) in [7, 11) is 0. The molecule has 2 N–H and O–H groups in total. The van der Waals surface area contributed by atoms with Crippen LogP contribution in [0.3, 0.4) is 0 Å². The second-order valence-electron chi connectivity index (χ2n) is 4.36. The number of furan rings is 1. The van der Waals surface area contributed by atoms with Gasteiger partial charge in [0.25, 0.3) is 0 Å². The molecule has 0 amide bonds. The maximum absolute atomic E-state index is 6.10. The van der Waals surface area contributed by atoms with E-state index < -0.39 is 0 Å². The first-order chi connectivity index (χ1) is 8.65. The van der Waals surface area contributed by atoms with E-state index in [0.717, 1.165) is 22.3 Å². The van der Waals surface area contributed by atoms with Crippen molar-refractivity contribution in [3.05, 3.63) is 53.1 Å². The van der Waals surface area contributed by atoms with Crippen LogP contribution in [0, 0.1) is 6.92 Å². The van der Waals surface area contributed by atoms with Crippen molar-refractivity contribution in [3.8, 4) is 11.3 Å². The summed E-state index contributed by atoms with van der Waals surface area (Å²) in [5.74, 6) is 0.746. The van der Waals surface area contributed by atoms with Gasteiger partial charge >= 0.3 is 0 Å². The lowest BCUT2D eigenvalue weighted by atomic mass is 10.1. The van der Waals surface area contributed by atoms with Crippen molar-refractivity contribution in [2.75, 3.05) is 5.73 Å². The highest BCUT2D eigenvalue weighted by Crippen LogP contribution is 2.34. The summed E-state index contributed by atoms with van der Waals surface area (Å²) in [6, 6.07) is 13.6. The molecule has 0 radical (unpaired) electrons. The van der Waals surface area contributed by atoms with Crippen LogP contribution in [0.2, 0.25) is 5.02 Å². The van der Waals surface area contributed by atoms with Gasteiger partial charge in [0.15, 0.2) is 5.58 Å². The minimum atomic E-state index is 0.615. The molecule has 1 heterocycles. The lowest BCUT2D eigenvalue weighted by Crippen LogP contribution is -1.89. The third-order valence-corrected chi connectivity index (χ3v) is 3.27. The molecular formula is C15H12ClNO. The van der Waals surface area contributed by atoms with Crippen LogP contribution < -0.4 is 5.73 Å². The average molecular weight is 258 g/mol. The fraction of sp³-hybridized carbons (Fsp3) is 0.0667. The summed E-state index contributed by atoms with van der Waals surface area (Å²) in [5, 5.41) is 1.60. The smallest absolute Gasteiger partial charge is 0.153 e. The standard InChI is InChI=1S/C15H12ClNO/c1-9-5-6-11(13(17)7-9)14-8-10-3-2-4-12(16)15(10)18-14/h2-8H,17H2,1H3. The lowest BCUT2D eigenvalue weighted by molar-refractivity contribution is 0.632. The topological polar surface area (TPSA) is 39.2 Å². The monoisotopic (exact) mass is 257 g/mol. The Bertz CT molecular complexity index is 730. The summed E-state index contributed by atoms with van der Waals surface area (Å²) in [6.45, 7) is 2.01. The maximum Gasteiger partial charge on any atom is 0.153 e. The molecule has 3 aromatic rings. The Labute approximate surface area is 110 Å². The second-order valence-corrected chi connectivity index (χ2v) is 4.77. The van der Waals surface area contributed by atoms with Crippen LogP contribution in [0.5, 0.6) is 0 Å². The molecule has 0 saturated carbocycles. The number of para-hydroxylation sites is 1. The third-order valence-electron chi connectivity index (χ3n) is 2.97. The van der Waals surface area contributed by atoms with Crippen LogP contribution in [-0.4, -0.2) is 0 Å². The number of hydrogen-bond donors (Lipinski definition) is 1. The highest BCUT2D eigenvalue weighted by atomic mass is 35.5. The van der Waals surface area contributed by atoms with Gasteiger partial charge in [-0.25, -0.2) is 0 Å². The number of rotatable bonds is 1. The molecule has 0 fully saturated rings. The minimum absolute atomic E-state index is 0.615. The largest absolute Gasteiger partial charge is 0.454 e. The molecule has 2 aromatic carbocycles. The Morgan fingerprint density at radius 1 is 1.11 bits per heavy atom. The van der Waals surface area contributed by atoms with Gasteiger partial charge in [0.2, 0.25) is 0 Å². The Morgan fingerprint density at radius 2 is 1.94 bits per heavy atom. The molecule has 2 nitrogen and oxygen atoms in total. The molecular weight excluding hydrogens is 246 g/mol. The van der Waals surface area contributed by atoms with Crippen LogP contribution in [0.25, 0.3) is 22.3 Å². The zero-order valence-corrected chi connectivity index (χ0v) is 10.7. The van der Waals surface area contributed by atoms with Gasteiger partial charge in [0.05, 0.1) is 5.02 Å². The van der Waals surface area contributed by atoms with E-state index in [1.54, 1.807) is 0 Å². The van der Waals surface area contributed by atoms with Crippen LogP contribution in [0.15, 0.2) is 46.9 Å². The van der Waals surface area contributed by atoms with Crippen LogP contribution >= 0.6 is 11.6 Å². The molecule has 0 saturated heterocycles. The van der Waals surface area contributed by atoms with Crippen LogP contribution in [0.4, 0.5) is 5.69 Å². The van der Waals surface area contributed by atoms with Crippen molar-refractivity contribution >= 4 is 28.3 Å². The van der Waals surface area contributed by atoms with Gasteiger partial charge in [0, 0.05) is 16.6 Å². The molecule has 0 aliphatic heterocycles. The summed E-state index contributed by atoms with van der Waals surface area (Å²) in [5.41, 5.74) is 9.46. The highest BCUT2D eigenvalue weighted by molar-refractivity contribution is 6.34. The van der Waals surface area contributed by atoms with Gasteiger partial charge in [-0.2, -0.15) is 0 Å². The Hall–Kier alpha value is -1.93. The van der Waals surface area contributed by atoms with E-state index in [2.05, 4.69) is 0 Å². The molecule has 90 valence electrons. The molecule has 0 aliphatic carbocycles. The number of benzene rings is 2. The molecule has 3 heteroatoms. The van der Waals surface area contributed by atoms with E-state index in [1.165, 1.54) is 0 Å². The van der Waals surface area contributed by atoms with E-state index in [4.69, 9.17) is 21.8 Å². The highest BCUT2D eigenvalue weighted by Gasteiger charge is 2.10. The minimum Gasteiger partial charge on any atom is -0.454 e. The fourth-order valence-corrected chi connectivity index (χ4v) is 2.29. The van der Waals surface area contributed by atoms with Crippen molar-refractivity contribution in [1.29, 1.82) is 0 Å². The summed E-state index contributed by atoms with van der Waals surface area (Å²) >= 11 is 6.10. The molecule has 0 spiro atoms. The first-order valence-electron chi connectivity index (χ1n) is 5.70. The van der Waals surface area contributed by atoms with Gasteiger partial charge in [-0.3, -0.25) is 0 Å². The number of nitrogen functional groups attached to an aromatic ring is 1. The first-order valence-corrected chi connectivity index (χ1v) is 6.07. The molecule has 18 heavy (non-hydrogen) atoms. The Morgan fingerprint density at radius 3 is 2.67 bits per heavy atom. The zero-order valence-electron chi connectivity index (χ0n) is 9.91. The molecule has 3 rings (SSSR count). The predicted molar refractivity (Wildman–Crippen MR) is 75.8 cm³/mol. The Balaban J connectivity index is 2.23. The SMILES string of the molecule is Cc1ccc(-c2cc3cccc(Cl)c3o2)c(N)c1. The second kappa shape index (κ2) is 4.07. The number of hydrogen-bond acceptors (Lipinski definition) is 2. The quantitative estimate of drug-likeness (QED) is 0.645. The summed E-state index contributed by atoms with van der Waals surface area (Å²) in [4.78, 5) is 0. The van der Waals surface area contributed by atoms with Gasteiger partial charge < -0.3 is 10.2 Å². The van der Waals surface area contributed by atoms with Crippen molar-refractivity contribution in [2.24, 2.45) is 0 Å². The molecule has 0 unspecified atom stereocenters. The van der Waals surface area contributed by atoms with Crippen molar-refractivity contribution < 1.29 is 4.42 Å². The fourth-order valence-electron chi connectivity index (χ4n) is 2.07. The van der Waals surface area contributed by atoms with Crippen LogP contribution in [0.1, 0.15) is 5.56 Å². The zero-order chi connectivity index (χ0) is 12.7. The van der Waals surface area contributed by atoms with Crippen molar-refractivity contribution in [2.45, 2.75) is 6.92 Å². The summed E-state index contributed by atoms with van der Waals surface area (Å²) < 4.78 is 5.79. The first kappa shape index (κ1) is 11.2. The maximum atomic E-state index is 6.10. The number of aryl methyl sites for hydroxylation is 1. The number of nitrogens with two attached hydrogens (primary N) is 1. The Kier molecular flexibility index (Phi) is 2.53. The van der Waals surface area contributed by atoms with E-state index in [9.17, 15) is 0 Å². The molecule has 0 aliphatic rings. The number of anilines is 1. The van der Waals surface area contributed by atoms with Gasteiger partial charge in [-0.15, -0.1) is 0 Å². The van der Waals surface area contributed by atoms with Gasteiger partial charge in [-0.05, 0) is 36.8 Å². The lowest BCUT2D eigenvalue weighted by Gasteiger charge is -2.03. The molecule has 0 atom stereocenters. The van der Waals surface area contributed by atoms with Crippen molar-refractivity contribution in [1.82, 2.24) is 0 Å². The summed E-state index contributed by atoms with van der Waals surface area (Å²) in [6.07, 6.45) is 0. The van der Waals surface area contributed by atoms with E-state index in [0.29, 0.717) is 16.3 Å². The average Bonchev–Trinajstić information content (AvgIpc) is 2.74. The van der Waals surface area contributed by atoms with Gasteiger partial charge in [0.1, 0.15) is 5.76 Å². The third kappa shape index (κ3) is 1.75.